The smallest absolute Gasteiger partial charge is 0.424 e. The van der Waals surface area contributed by atoms with Crippen molar-refractivity contribution in [3.05, 3.63) is 0 Å². The maximum absolute atomic E-state index is 2.59. The third kappa shape index (κ3) is 4.86. The summed E-state index contributed by atoms with van der Waals surface area (Å²) >= 11 is 0. The fourth-order valence-electron chi connectivity index (χ4n) is 1.16. The van der Waals surface area contributed by atoms with E-state index >= 15 is 0 Å². The molecule has 0 bridgehead atoms. The summed E-state index contributed by atoms with van der Waals surface area (Å²) in [5.74, 6) is 0. The summed E-state index contributed by atoms with van der Waals surface area (Å²) in [6.45, 7) is 25.0. The Hall–Kier alpha value is 1.25. The predicted octanol–water partition coefficient (Wildman–Crippen LogP) is 1.70. The van der Waals surface area contributed by atoms with E-state index in [1.807, 2.05) is 0 Å². The van der Waals surface area contributed by atoms with E-state index in [2.05, 4.69) is 67.7 Å². The van der Waals surface area contributed by atoms with Crippen LogP contribution in [-0.2, 0) is 0 Å². The van der Waals surface area contributed by atoms with E-state index in [4.69, 9.17) is 0 Å². The molecule has 0 amide bonds. The fourth-order valence-corrected chi connectivity index (χ4v) is 31.2. The molecule has 0 rings (SSSR count). The maximum Gasteiger partial charge on any atom is 1.00 e. The standard InChI is InChI=1S/C12H30Si3.Li/c1-11(2,3)14(7,8)13-15(9,10)12(4,5)6;/h1-10H3;/q-1;+1. The van der Waals surface area contributed by atoms with Gasteiger partial charge in [0.25, 0.3) is 0 Å². The number of rotatable bonds is 2. The van der Waals surface area contributed by atoms with Gasteiger partial charge in [-0.15, -0.1) is 15.2 Å². The van der Waals surface area contributed by atoms with Gasteiger partial charge in [0.1, 0.15) is 0 Å². The van der Waals surface area contributed by atoms with Gasteiger partial charge in [-0.1, -0.05) is 77.8 Å². The van der Waals surface area contributed by atoms with Crippen LogP contribution in [0.5, 0.6) is 0 Å². The fraction of sp³-hybridized carbons (Fsp3) is 1.00. The van der Waals surface area contributed by atoms with Gasteiger partial charge in [0.15, 0.2) is 0 Å². The van der Waals surface area contributed by atoms with Crippen LogP contribution in [0.3, 0.4) is 0 Å². The molecule has 0 heterocycles. The molecule has 0 aliphatic rings. The van der Waals surface area contributed by atoms with Crippen molar-refractivity contribution in [3.63, 3.8) is 0 Å². The second-order valence-corrected chi connectivity index (χ2v) is 28.1. The van der Waals surface area contributed by atoms with Gasteiger partial charge >= 0.3 is 18.9 Å². The zero-order valence-corrected chi connectivity index (χ0v) is 16.5. The summed E-state index contributed by atoms with van der Waals surface area (Å²) in [5.41, 5.74) is 0. The first-order chi connectivity index (χ1) is 6.21. The summed E-state index contributed by atoms with van der Waals surface area (Å²) in [4.78, 5) is 0. The molecule has 4 heteroatoms. The minimum atomic E-state index is -1.06. The molecule has 91 valence electrons. The van der Waals surface area contributed by atoms with Crippen LogP contribution < -0.4 is 18.9 Å². The van der Waals surface area contributed by atoms with Gasteiger partial charge in [-0.2, -0.15) is 0 Å². The van der Waals surface area contributed by atoms with Crippen molar-refractivity contribution in [2.75, 3.05) is 0 Å². The topological polar surface area (TPSA) is 0 Å². The molecule has 0 spiro atoms. The molecular weight excluding hydrogens is 235 g/mol. The Morgan fingerprint density at radius 1 is 0.625 bits per heavy atom. The van der Waals surface area contributed by atoms with Crippen LogP contribution in [0.2, 0.25) is 36.3 Å². The number of hydrogen-bond donors (Lipinski definition) is 0. The maximum atomic E-state index is 2.59. The molecule has 1 radical (unpaired) electrons. The van der Waals surface area contributed by atoms with Crippen LogP contribution in [0.15, 0.2) is 0 Å². The molecule has 0 aromatic carbocycles. The molecule has 0 saturated heterocycles. The average molecular weight is 266 g/mol. The summed E-state index contributed by atoms with van der Waals surface area (Å²) in [6, 6.07) is 0. The summed E-state index contributed by atoms with van der Waals surface area (Å²) in [7, 11) is -0.855. The first-order valence-electron chi connectivity index (χ1n) is 6.00. The van der Waals surface area contributed by atoms with Gasteiger partial charge in [-0.05, 0) is 0 Å². The van der Waals surface area contributed by atoms with E-state index in [9.17, 15) is 0 Å². The molecule has 0 aromatic rings. The molecule has 0 aliphatic carbocycles. The monoisotopic (exact) mass is 265 g/mol. The van der Waals surface area contributed by atoms with E-state index in [0.29, 0.717) is 10.1 Å². The van der Waals surface area contributed by atoms with Crippen LogP contribution in [0.4, 0.5) is 0 Å². The minimum absolute atomic E-state index is 0. The molecule has 0 aliphatic heterocycles. The Morgan fingerprint density at radius 2 is 0.812 bits per heavy atom. The minimum Gasteiger partial charge on any atom is -0.424 e. The van der Waals surface area contributed by atoms with Crippen molar-refractivity contribution in [2.45, 2.75) is 77.8 Å². The van der Waals surface area contributed by atoms with Gasteiger partial charge in [0.2, 0.25) is 0 Å². The molecule has 0 saturated carbocycles. The van der Waals surface area contributed by atoms with Crippen molar-refractivity contribution in [2.24, 2.45) is 0 Å². The molecule has 0 N–H and O–H groups in total. The third-order valence-corrected chi connectivity index (χ3v) is 32.6. The molecule has 0 nitrogen and oxygen atoms in total. The van der Waals surface area contributed by atoms with E-state index in [-0.39, 0.29) is 18.9 Å². The second-order valence-electron chi connectivity index (χ2n) is 7.88. The van der Waals surface area contributed by atoms with Crippen LogP contribution in [0.25, 0.3) is 0 Å². The first-order valence-corrected chi connectivity index (χ1v) is 15.0. The van der Waals surface area contributed by atoms with Gasteiger partial charge in [-0.3, -0.25) is 0 Å². The van der Waals surface area contributed by atoms with Crippen molar-refractivity contribution in [3.8, 4) is 0 Å². The van der Waals surface area contributed by atoms with Crippen LogP contribution in [-0.4, -0.2) is 23.7 Å². The summed E-state index contributed by atoms with van der Waals surface area (Å²) < 4.78 is 0. The first kappa shape index (κ1) is 19.6. The van der Waals surface area contributed by atoms with Crippen LogP contribution in [0.1, 0.15) is 41.5 Å². The predicted molar refractivity (Wildman–Crippen MR) is 80.1 cm³/mol. The van der Waals surface area contributed by atoms with E-state index < -0.39 is 15.2 Å². The Morgan fingerprint density at radius 3 is 0.938 bits per heavy atom. The van der Waals surface area contributed by atoms with Crippen LogP contribution in [0, 0.1) is 0 Å². The second kappa shape index (κ2) is 5.48. The third-order valence-electron chi connectivity index (χ3n) is 4.38. The van der Waals surface area contributed by atoms with E-state index in [1.54, 1.807) is 0 Å². The van der Waals surface area contributed by atoms with Crippen molar-refractivity contribution in [1.82, 2.24) is 0 Å². The Kier molecular flexibility index (Phi) is 6.71. The summed E-state index contributed by atoms with van der Waals surface area (Å²) in [6.07, 6.45) is 0. The Bertz CT molecular complexity index is 197. The largest absolute Gasteiger partial charge is 1.00 e. The zero-order chi connectivity index (χ0) is 12.7. The van der Waals surface area contributed by atoms with Crippen LogP contribution >= 0.6 is 0 Å². The van der Waals surface area contributed by atoms with Gasteiger partial charge in [0.05, 0.1) is 0 Å². The molecule has 0 atom stereocenters. The normalized spacial score (nSPS) is 14.6. The molecule has 16 heavy (non-hydrogen) atoms. The Labute approximate surface area is 120 Å². The number of hydrogen-bond acceptors (Lipinski definition) is 0. The van der Waals surface area contributed by atoms with Crippen molar-refractivity contribution in [1.29, 1.82) is 0 Å². The molecule has 0 aromatic heterocycles. The molecular formula is C12H30LiSi3. The van der Waals surface area contributed by atoms with Crippen molar-refractivity contribution < 1.29 is 18.9 Å². The van der Waals surface area contributed by atoms with E-state index in [0.717, 1.165) is 0 Å². The summed E-state index contributed by atoms with van der Waals surface area (Å²) in [5, 5.41) is 1.11. The molecule has 0 unspecified atom stereocenters. The van der Waals surface area contributed by atoms with Gasteiger partial charge < -0.3 is 8.55 Å². The average Bonchev–Trinajstić information content (AvgIpc) is 1.77. The van der Waals surface area contributed by atoms with Gasteiger partial charge in [0, 0.05) is 0 Å². The quantitative estimate of drug-likeness (QED) is 0.667. The SMILES string of the molecule is CC(C)(C)[Si](C)(C)[Si-][Si](C)(C)C(C)(C)C.[Li+]. The van der Waals surface area contributed by atoms with Gasteiger partial charge in [-0.25, -0.2) is 0 Å². The zero-order valence-electron chi connectivity index (χ0n) is 13.5. The molecule has 0 fully saturated rings. The van der Waals surface area contributed by atoms with Crippen molar-refractivity contribution >= 4 is 23.7 Å². The Balaban J connectivity index is 0. The van der Waals surface area contributed by atoms with E-state index in [1.165, 1.54) is 8.55 Å².